The van der Waals surface area contributed by atoms with Crippen LogP contribution in [0.15, 0.2) is 30.5 Å². The highest BCUT2D eigenvalue weighted by atomic mass is 32.2. The van der Waals surface area contributed by atoms with Gasteiger partial charge < -0.3 is 9.84 Å². The molecule has 1 aromatic carbocycles. The van der Waals surface area contributed by atoms with E-state index < -0.39 is 5.97 Å². The Labute approximate surface area is 115 Å². The van der Waals surface area contributed by atoms with Gasteiger partial charge in [0.15, 0.2) is 5.75 Å². The number of pyridine rings is 1. The van der Waals surface area contributed by atoms with E-state index in [9.17, 15) is 9.90 Å². The van der Waals surface area contributed by atoms with Crippen LogP contribution >= 0.6 is 11.8 Å². The molecular weight excluding hydrogens is 262 g/mol. The summed E-state index contributed by atoms with van der Waals surface area (Å²) < 4.78 is 5.55. The van der Waals surface area contributed by atoms with Gasteiger partial charge in [-0.2, -0.15) is 11.8 Å². The molecular formula is C14H15NO3S. The van der Waals surface area contributed by atoms with Crippen LogP contribution in [0.4, 0.5) is 0 Å². The van der Waals surface area contributed by atoms with E-state index in [-0.39, 0.29) is 5.56 Å². The topological polar surface area (TPSA) is 59.4 Å². The van der Waals surface area contributed by atoms with Crippen molar-refractivity contribution in [2.24, 2.45) is 0 Å². The van der Waals surface area contributed by atoms with Gasteiger partial charge in [0.05, 0.1) is 18.3 Å². The van der Waals surface area contributed by atoms with Crippen molar-refractivity contribution in [2.75, 3.05) is 18.6 Å². The van der Waals surface area contributed by atoms with Crippen LogP contribution in [0.3, 0.4) is 0 Å². The highest BCUT2D eigenvalue weighted by Gasteiger charge is 2.16. The van der Waals surface area contributed by atoms with Gasteiger partial charge in [0.1, 0.15) is 5.56 Å². The fourth-order valence-electron chi connectivity index (χ4n) is 1.84. The van der Waals surface area contributed by atoms with Crippen molar-refractivity contribution >= 4 is 28.6 Å². The van der Waals surface area contributed by atoms with Gasteiger partial charge in [0, 0.05) is 5.39 Å². The quantitative estimate of drug-likeness (QED) is 0.822. The van der Waals surface area contributed by atoms with Crippen LogP contribution in [0.1, 0.15) is 16.8 Å². The first-order chi connectivity index (χ1) is 9.24. The number of fused-ring (bicyclic) bond motifs is 1. The third-order valence-electron chi connectivity index (χ3n) is 2.70. The van der Waals surface area contributed by atoms with Crippen LogP contribution in [0.2, 0.25) is 0 Å². The highest BCUT2D eigenvalue weighted by molar-refractivity contribution is 7.98. The number of benzene rings is 1. The summed E-state index contributed by atoms with van der Waals surface area (Å²) >= 11 is 1.74. The van der Waals surface area contributed by atoms with E-state index in [0.717, 1.165) is 12.2 Å². The van der Waals surface area contributed by atoms with Crippen LogP contribution in [-0.4, -0.2) is 34.7 Å². The van der Waals surface area contributed by atoms with E-state index in [0.29, 0.717) is 23.3 Å². The van der Waals surface area contributed by atoms with Crippen LogP contribution in [0.25, 0.3) is 10.9 Å². The Morgan fingerprint density at radius 1 is 1.42 bits per heavy atom. The molecule has 1 aromatic heterocycles. The maximum Gasteiger partial charge on any atom is 0.340 e. The van der Waals surface area contributed by atoms with Gasteiger partial charge in [0.2, 0.25) is 0 Å². The minimum absolute atomic E-state index is 0.190. The molecule has 0 unspecified atom stereocenters. The fraction of sp³-hybridized carbons (Fsp3) is 0.286. The van der Waals surface area contributed by atoms with E-state index in [4.69, 9.17) is 4.74 Å². The van der Waals surface area contributed by atoms with E-state index in [1.54, 1.807) is 30.0 Å². The summed E-state index contributed by atoms with van der Waals surface area (Å²) in [6.07, 6.45) is 4.40. The number of thioether (sulfide) groups is 1. The predicted molar refractivity (Wildman–Crippen MR) is 77.2 cm³/mol. The van der Waals surface area contributed by atoms with Crippen molar-refractivity contribution in [3.05, 3.63) is 36.0 Å². The van der Waals surface area contributed by atoms with Crippen molar-refractivity contribution in [1.82, 2.24) is 4.98 Å². The van der Waals surface area contributed by atoms with Crippen LogP contribution < -0.4 is 4.74 Å². The molecule has 1 heterocycles. The number of aromatic nitrogens is 1. The minimum atomic E-state index is -0.988. The number of carbonyl (C=O) groups is 1. The Bertz CT molecular complexity index is 586. The van der Waals surface area contributed by atoms with Gasteiger partial charge in [0.25, 0.3) is 0 Å². The largest absolute Gasteiger partial charge is 0.491 e. The number of hydrogen-bond donors (Lipinski definition) is 1. The standard InChI is InChI=1S/C14H15NO3S/c1-19-8-4-7-18-12-9-15-11-6-3-2-5-10(11)13(12)14(16)17/h2-3,5-6,9H,4,7-8H2,1H3,(H,16,17). The lowest BCUT2D eigenvalue weighted by molar-refractivity contribution is 0.0694. The number of aromatic carboxylic acids is 1. The number of para-hydroxylation sites is 1. The lowest BCUT2D eigenvalue weighted by Crippen LogP contribution is -2.06. The maximum absolute atomic E-state index is 11.4. The summed E-state index contributed by atoms with van der Waals surface area (Å²) in [7, 11) is 0. The Kier molecular flexibility index (Phi) is 4.63. The number of nitrogens with zero attached hydrogens (tertiary/aromatic N) is 1. The van der Waals surface area contributed by atoms with Gasteiger partial charge in [-0.05, 0) is 24.5 Å². The van der Waals surface area contributed by atoms with E-state index in [1.807, 2.05) is 12.3 Å². The molecule has 0 aliphatic rings. The average molecular weight is 277 g/mol. The summed E-state index contributed by atoms with van der Waals surface area (Å²) in [4.78, 5) is 15.6. The lowest BCUT2D eigenvalue weighted by atomic mass is 10.1. The zero-order valence-electron chi connectivity index (χ0n) is 10.6. The van der Waals surface area contributed by atoms with E-state index >= 15 is 0 Å². The van der Waals surface area contributed by atoms with Crippen molar-refractivity contribution < 1.29 is 14.6 Å². The molecule has 0 atom stereocenters. The molecule has 0 fully saturated rings. The third kappa shape index (κ3) is 3.17. The molecule has 0 amide bonds. The summed E-state index contributed by atoms with van der Waals surface area (Å²) in [6.45, 7) is 0.501. The first-order valence-electron chi connectivity index (χ1n) is 5.97. The smallest absolute Gasteiger partial charge is 0.340 e. The second-order valence-electron chi connectivity index (χ2n) is 4.01. The molecule has 5 heteroatoms. The van der Waals surface area contributed by atoms with Crippen molar-refractivity contribution in [2.45, 2.75) is 6.42 Å². The SMILES string of the molecule is CSCCCOc1cnc2ccccc2c1C(=O)O. The van der Waals surface area contributed by atoms with Crippen LogP contribution in [0, 0.1) is 0 Å². The fourth-order valence-corrected chi connectivity index (χ4v) is 2.25. The lowest BCUT2D eigenvalue weighted by Gasteiger charge is -2.10. The van der Waals surface area contributed by atoms with E-state index in [2.05, 4.69) is 4.98 Å². The molecule has 4 nitrogen and oxygen atoms in total. The average Bonchev–Trinajstić information content (AvgIpc) is 2.42. The predicted octanol–water partition coefficient (Wildman–Crippen LogP) is 3.06. The molecule has 1 N–H and O–H groups in total. The zero-order valence-corrected chi connectivity index (χ0v) is 11.4. The zero-order chi connectivity index (χ0) is 13.7. The molecule has 0 saturated carbocycles. The molecule has 0 aliphatic carbocycles. The van der Waals surface area contributed by atoms with Crippen molar-refractivity contribution in [3.63, 3.8) is 0 Å². The maximum atomic E-state index is 11.4. The van der Waals surface area contributed by atoms with Gasteiger partial charge in [-0.25, -0.2) is 4.79 Å². The van der Waals surface area contributed by atoms with Crippen LogP contribution in [-0.2, 0) is 0 Å². The van der Waals surface area contributed by atoms with Crippen molar-refractivity contribution in [3.8, 4) is 5.75 Å². The number of carboxylic acid groups (broad SMARTS) is 1. The molecule has 19 heavy (non-hydrogen) atoms. The highest BCUT2D eigenvalue weighted by Crippen LogP contribution is 2.26. The van der Waals surface area contributed by atoms with Gasteiger partial charge >= 0.3 is 5.97 Å². The Balaban J connectivity index is 2.32. The number of rotatable bonds is 6. The van der Waals surface area contributed by atoms with Crippen LogP contribution in [0.5, 0.6) is 5.75 Å². The van der Waals surface area contributed by atoms with Crippen molar-refractivity contribution in [1.29, 1.82) is 0 Å². The molecule has 2 rings (SSSR count). The normalized spacial score (nSPS) is 10.6. The first kappa shape index (κ1) is 13.7. The molecule has 2 aromatic rings. The molecule has 0 aliphatic heterocycles. The van der Waals surface area contributed by atoms with Gasteiger partial charge in [-0.1, -0.05) is 18.2 Å². The molecule has 0 bridgehead atoms. The number of carboxylic acids is 1. The molecule has 0 spiro atoms. The third-order valence-corrected chi connectivity index (χ3v) is 3.40. The Morgan fingerprint density at radius 2 is 2.21 bits per heavy atom. The number of ether oxygens (including phenoxy) is 1. The first-order valence-corrected chi connectivity index (χ1v) is 7.36. The summed E-state index contributed by atoms with van der Waals surface area (Å²) in [5.74, 6) is 0.342. The monoisotopic (exact) mass is 277 g/mol. The Morgan fingerprint density at radius 3 is 2.95 bits per heavy atom. The second-order valence-corrected chi connectivity index (χ2v) is 5.00. The number of hydrogen-bond acceptors (Lipinski definition) is 4. The summed E-state index contributed by atoms with van der Waals surface area (Å²) in [6, 6.07) is 7.17. The molecule has 100 valence electrons. The molecule has 0 radical (unpaired) electrons. The van der Waals surface area contributed by atoms with E-state index in [1.165, 1.54) is 6.20 Å². The summed E-state index contributed by atoms with van der Waals surface area (Å²) in [5, 5.41) is 9.96. The molecule has 0 saturated heterocycles. The van der Waals surface area contributed by atoms with Gasteiger partial charge in [-0.3, -0.25) is 4.98 Å². The second kappa shape index (κ2) is 6.43. The minimum Gasteiger partial charge on any atom is -0.491 e. The van der Waals surface area contributed by atoms with Gasteiger partial charge in [-0.15, -0.1) is 0 Å². The Hall–Kier alpha value is -1.75. The summed E-state index contributed by atoms with van der Waals surface area (Å²) in [5.41, 5.74) is 0.853.